The number of aliphatic imine (C=N–C) groups is 1. The van der Waals surface area contributed by atoms with Crippen LogP contribution < -0.4 is 0 Å². The summed E-state index contributed by atoms with van der Waals surface area (Å²) in [5.74, 6) is 0.00806. The van der Waals surface area contributed by atoms with E-state index in [1.165, 1.54) is 11.8 Å². The maximum absolute atomic E-state index is 11.6. The maximum Gasteiger partial charge on any atom is 0.252 e. The molecule has 0 N–H and O–H groups in total. The molecule has 0 saturated carbocycles. The fourth-order valence-electron chi connectivity index (χ4n) is 1.14. The van der Waals surface area contributed by atoms with Crippen LogP contribution in [0.5, 0.6) is 0 Å². The topological polar surface area (TPSA) is 32.7 Å². The van der Waals surface area contributed by atoms with Gasteiger partial charge in [0.1, 0.15) is 0 Å². The number of carbonyl (C=O) groups is 1. The van der Waals surface area contributed by atoms with Gasteiger partial charge < -0.3 is 0 Å². The summed E-state index contributed by atoms with van der Waals surface area (Å²) in [5, 5.41) is 0.820. The van der Waals surface area contributed by atoms with Crippen molar-refractivity contribution in [3.8, 4) is 0 Å². The number of hydrogen-bond donors (Lipinski definition) is 0. The quantitative estimate of drug-likeness (QED) is 0.513. The Bertz CT molecular complexity index is 294. The summed E-state index contributed by atoms with van der Waals surface area (Å²) in [6.45, 7) is 3.34. The van der Waals surface area contributed by atoms with E-state index in [4.69, 9.17) is 0 Å². The van der Waals surface area contributed by atoms with Gasteiger partial charge in [-0.1, -0.05) is 30.0 Å². The van der Waals surface area contributed by atoms with E-state index >= 15 is 0 Å². The standard InChI is InChI=1S/C10H14N2OS/c1-3-4-5-6-9(13)12-8-7-11-10(12)14-2/h3-6H,7-8H2,1-2H3. The van der Waals surface area contributed by atoms with Crippen molar-refractivity contribution in [1.82, 2.24) is 4.90 Å². The van der Waals surface area contributed by atoms with Crippen LogP contribution in [0.4, 0.5) is 0 Å². The third kappa shape index (κ3) is 2.73. The Hall–Kier alpha value is -1.03. The predicted molar refractivity (Wildman–Crippen MR) is 61.5 cm³/mol. The fourth-order valence-corrected chi connectivity index (χ4v) is 1.77. The van der Waals surface area contributed by atoms with Gasteiger partial charge in [0.15, 0.2) is 5.17 Å². The molecule has 1 aliphatic rings. The Morgan fingerprint density at radius 2 is 2.36 bits per heavy atom. The van der Waals surface area contributed by atoms with Gasteiger partial charge in [0.05, 0.1) is 6.54 Å². The molecular formula is C10H14N2OS. The van der Waals surface area contributed by atoms with Crippen molar-refractivity contribution >= 4 is 22.8 Å². The largest absolute Gasteiger partial charge is 0.286 e. The lowest BCUT2D eigenvalue weighted by atomic mass is 10.4. The Morgan fingerprint density at radius 3 is 3.00 bits per heavy atom. The van der Waals surface area contributed by atoms with E-state index in [1.807, 2.05) is 25.3 Å². The summed E-state index contributed by atoms with van der Waals surface area (Å²) < 4.78 is 0. The summed E-state index contributed by atoms with van der Waals surface area (Å²) in [6.07, 6.45) is 8.97. The third-order valence-electron chi connectivity index (χ3n) is 1.79. The molecule has 0 spiro atoms. The number of amidine groups is 1. The SMILES string of the molecule is CC=CC=CC(=O)N1CCN=C1SC. The molecule has 0 fully saturated rings. The first-order valence-electron chi connectivity index (χ1n) is 4.49. The Morgan fingerprint density at radius 1 is 1.57 bits per heavy atom. The number of allylic oxidation sites excluding steroid dienone is 3. The molecular weight excluding hydrogens is 196 g/mol. The molecule has 0 bridgehead atoms. The van der Waals surface area contributed by atoms with E-state index < -0.39 is 0 Å². The summed E-state index contributed by atoms with van der Waals surface area (Å²) in [4.78, 5) is 17.5. The van der Waals surface area contributed by atoms with Crippen molar-refractivity contribution in [2.75, 3.05) is 19.3 Å². The van der Waals surface area contributed by atoms with Crippen LogP contribution in [-0.4, -0.2) is 35.3 Å². The van der Waals surface area contributed by atoms with Gasteiger partial charge in [-0.25, -0.2) is 0 Å². The van der Waals surface area contributed by atoms with Crippen molar-refractivity contribution in [2.45, 2.75) is 6.92 Å². The number of rotatable bonds is 2. The molecule has 1 rings (SSSR count). The van der Waals surface area contributed by atoms with Crippen LogP contribution in [0.15, 0.2) is 29.3 Å². The van der Waals surface area contributed by atoms with Gasteiger partial charge in [0.2, 0.25) is 0 Å². The second kappa shape index (κ2) is 5.65. The molecule has 0 aromatic carbocycles. The predicted octanol–water partition coefficient (Wildman–Crippen LogP) is 1.68. The van der Waals surface area contributed by atoms with Crippen LogP contribution in [0, 0.1) is 0 Å². The average molecular weight is 210 g/mol. The second-order valence-electron chi connectivity index (χ2n) is 2.74. The lowest BCUT2D eigenvalue weighted by Gasteiger charge is -2.13. The first kappa shape index (κ1) is 11.0. The number of carbonyl (C=O) groups excluding carboxylic acids is 1. The monoisotopic (exact) mass is 210 g/mol. The molecule has 0 aromatic rings. The highest BCUT2D eigenvalue weighted by molar-refractivity contribution is 8.13. The zero-order valence-corrected chi connectivity index (χ0v) is 9.25. The minimum Gasteiger partial charge on any atom is -0.286 e. The van der Waals surface area contributed by atoms with Crippen molar-refractivity contribution in [1.29, 1.82) is 0 Å². The molecule has 0 aromatic heterocycles. The number of nitrogens with zero attached hydrogens (tertiary/aromatic N) is 2. The smallest absolute Gasteiger partial charge is 0.252 e. The van der Waals surface area contributed by atoms with Crippen molar-refractivity contribution in [2.24, 2.45) is 4.99 Å². The van der Waals surface area contributed by atoms with Crippen LogP contribution in [0.1, 0.15) is 6.92 Å². The molecule has 76 valence electrons. The molecule has 0 saturated heterocycles. The number of thioether (sulfide) groups is 1. The summed E-state index contributed by atoms with van der Waals surface area (Å²) >= 11 is 1.51. The third-order valence-corrected chi connectivity index (χ3v) is 2.51. The molecule has 0 aliphatic carbocycles. The second-order valence-corrected chi connectivity index (χ2v) is 3.52. The zero-order valence-electron chi connectivity index (χ0n) is 8.43. The van der Waals surface area contributed by atoms with Crippen LogP contribution in [0.25, 0.3) is 0 Å². The molecule has 1 heterocycles. The first-order chi connectivity index (χ1) is 6.79. The van der Waals surface area contributed by atoms with Gasteiger partial charge in [-0.3, -0.25) is 14.7 Å². The minimum atomic E-state index is 0.00806. The van der Waals surface area contributed by atoms with Crippen LogP contribution in [0.2, 0.25) is 0 Å². The van der Waals surface area contributed by atoms with E-state index in [9.17, 15) is 4.79 Å². The fraction of sp³-hybridized carbons (Fsp3) is 0.400. The highest BCUT2D eigenvalue weighted by Gasteiger charge is 2.20. The van der Waals surface area contributed by atoms with Crippen LogP contribution in [0.3, 0.4) is 0 Å². The average Bonchev–Trinajstić information content (AvgIpc) is 2.65. The molecule has 0 atom stereocenters. The number of amides is 1. The van der Waals surface area contributed by atoms with E-state index in [0.29, 0.717) is 6.54 Å². The number of hydrogen-bond acceptors (Lipinski definition) is 3. The summed E-state index contributed by atoms with van der Waals surface area (Å²) in [5.41, 5.74) is 0. The zero-order chi connectivity index (χ0) is 10.4. The molecule has 1 aliphatic heterocycles. The van der Waals surface area contributed by atoms with Gasteiger partial charge in [-0.15, -0.1) is 0 Å². The Kier molecular flexibility index (Phi) is 4.46. The molecule has 14 heavy (non-hydrogen) atoms. The lowest BCUT2D eigenvalue weighted by molar-refractivity contribution is -0.121. The Labute approximate surface area is 88.6 Å². The molecule has 1 amide bonds. The van der Waals surface area contributed by atoms with Crippen molar-refractivity contribution in [3.63, 3.8) is 0 Å². The van der Waals surface area contributed by atoms with Gasteiger partial charge in [-0.2, -0.15) is 0 Å². The van der Waals surface area contributed by atoms with Gasteiger partial charge in [-0.05, 0) is 13.2 Å². The summed E-state index contributed by atoms with van der Waals surface area (Å²) in [7, 11) is 0. The highest BCUT2D eigenvalue weighted by atomic mass is 32.2. The van der Waals surface area contributed by atoms with Crippen molar-refractivity contribution in [3.05, 3.63) is 24.3 Å². The molecule has 0 unspecified atom stereocenters. The first-order valence-corrected chi connectivity index (χ1v) is 5.71. The maximum atomic E-state index is 11.6. The van der Waals surface area contributed by atoms with E-state index in [0.717, 1.165) is 11.7 Å². The van der Waals surface area contributed by atoms with Crippen LogP contribution >= 0.6 is 11.8 Å². The molecule has 0 radical (unpaired) electrons. The highest BCUT2D eigenvalue weighted by Crippen LogP contribution is 2.11. The van der Waals surface area contributed by atoms with Gasteiger partial charge in [0, 0.05) is 12.6 Å². The lowest BCUT2D eigenvalue weighted by Crippen LogP contribution is -2.31. The Balaban J connectivity index is 2.57. The minimum absolute atomic E-state index is 0.00806. The van der Waals surface area contributed by atoms with Gasteiger partial charge in [0.25, 0.3) is 5.91 Å². The van der Waals surface area contributed by atoms with Crippen LogP contribution in [-0.2, 0) is 4.79 Å². The van der Waals surface area contributed by atoms with E-state index in [1.54, 1.807) is 17.1 Å². The molecule has 3 nitrogen and oxygen atoms in total. The van der Waals surface area contributed by atoms with Gasteiger partial charge >= 0.3 is 0 Å². The normalized spacial score (nSPS) is 17.0. The summed E-state index contributed by atoms with van der Waals surface area (Å²) in [6, 6.07) is 0. The van der Waals surface area contributed by atoms with E-state index in [2.05, 4.69) is 4.99 Å². The van der Waals surface area contributed by atoms with E-state index in [-0.39, 0.29) is 5.91 Å². The van der Waals surface area contributed by atoms with Crippen molar-refractivity contribution < 1.29 is 4.79 Å². The molecule has 4 heteroatoms.